The Morgan fingerprint density at radius 3 is 2.47 bits per heavy atom. The van der Waals surface area contributed by atoms with Gasteiger partial charge >= 0.3 is 7.82 Å². The molecule has 15 heavy (non-hydrogen) atoms. The molecule has 1 unspecified atom stereocenters. The fourth-order valence-corrected chi connectivity index (χ4v) is 2.38. The third-order valence-electron chi connectivity index (χ3n) is 2.22. The summed E-state index contributed by atoms with van der Waals surface area (Å²) < 4.78 is 13.7. The summed E-state index contributed by atoms with van der Waals surface area (Å²) >= 11 is 12.0. The second-order valence-corrected chi connectivity index (χ2v) is 5.88. The second kappa shape index (κ2) is 4.21. The molecule has 86 valence electrons. The van der Waals surface area contributed by atoms with E-state index in [9.17, 15) is 4.57 Å². The summed E-state index contributed by atoms with van der Waals surface area (Å²) in [7, 11) is -4.60. The molecule has 0 heterocycles. The average Bonchev–Trinajstić information content (AvgIpc) is 2.05. The topological polar surface area (TPSA) is 66.8 Å². The van der Waals surface area contributed by atoms with Crippen LogP contribution >= 0.6 is 31.0 Å². The minimum absolute atomic E-state index is 0.617. The van der Waals surface area contributed by atoms with Crippen molar-refractivity contribution in [3.8, 4) is 0 Å². The third kappa shape index (κ3) is 3.06. The van der Waals surface area contributed by atoms with E-state index >= 15 is 0 Å². The molecule has 0 spiro atoms. The zero-order chi connectivity index (χ0) is 11.9. The van der Waals surface area contributed by atoms with E-state index in [2.05, 4.69) is 4.52 Å². The van der Waals surface area contributed by atoms with Crippen molar-refractivity contribution in [2.24, 2.45) is 0 Å². The largest absolute Gasteiger partial charge is 0.470 e. The normalized spacial score (nSPS) is 25.9. The van der Waals surface area contributed by atoms with Gasteiger partial charge in [0.2, 0.25) is 0 Å². The van der Waals surface area contributed by atoms with Gasteiger partial charge < -0.3 is 9.79 Å². The highest BCUT2D eigenvalue weighted by molar-refractivity contribution is 7.46. The summed E-state index contributed by atoms with van der Waals surface area (Å²) in [6.07, 6.45) is 2.05. The summed E-state index contributed by atoms with van der Waals surface area (Å²) in [6.45, 7) is 3.49. The maximum atomic E-state index is 10.7. The van der Waals surface area contributed by atoms with E-state index in [1.54, 1.807) is 19.9 Å². The Bertz CT molecular complexity index is 369. The highest BCUT2D eigenvalue weighted by Gasteiger charge is 2.42. The van der Waals surface area contributed by atoms with E-state index in [0.29, 0.717) is 5.57 Å². The number of phosphoric acid groups is 1. The number of phosphoric ester groups is 1. The Morgan fingerprint density at radius 2 is 2.00 bits per heavy atom. The van der Waals surface area contributed by atoms with Crippen LogP contribution in [0, 0.1) is 0 Å². The number of halogens is 2. The predicted octanol–water partition coefficient (Wildman–Crippen LogP) is 2.54. The van der Waals surface area contributed by atoms with Crippen molar-refractivity contribution in [3.63, 3.8) is 0 Å². The molecule has 1 aliphatic carbocycles. The first-order valence-electron chi connectivity index (χ1n) is 4.12. The van der Waals surface area contributed by atoms with Gasteiger partial charge in [0.1, 0.15) is 6.10 Å². The smallest absolute Gasteiger partial charge is 0.303 e. The number of alkyl halides is 2. The molecule has 2 N–H and O–H groups in total. The van der Waals surface area contributed by atoms with Crippen molar-refractivity contribution >= 4 is 31.0 Å². The molecule has 0 amide bonds. The van der Waals surface area contributed by atoms with E-state index in [0.717, 1.165) is 5.57 Å². The molecule has 0 aromatic rings. The Balaban J connectivity index is 2.98. The molecule has 0 bridgehead atoms. The van der Waals surface area contributed by atoms with Crippen molar-refractivity contribution < 1.29 is 18.9 Å². The molecular formula is C8H11Cl2O4P. The summed E-state index contributed by atoms with van der Waals surface area (Å²) in [5.74, 6) is 0. The van der Waals surface area contributed by atoms with Gasteiger partial charge in [-0.2, -0.15) is 0 Å². The summed E-state index contributed by atoms with van der Waals surface area (Å²) in [5.41, 5.74) is 1.47. The summed E-state index contributed by atoms with van der Waals surface area (Å²) in [6, 6.07) is 0. The molecule has 1 aliphatic rings. The molecule has 7 heteroatoms. The van der Waals surface area contributed by atoms with Crippen molar-refractivity contribution in [2.75, 3.05) is 0 Å². The van der Waals surface area contributed by atoms with Gasteiger partial charge in [-0.1, -0.05) is 35.4 Å². The van der Waals surface area contributed by atoms with Crippen LogP contribution in [0.4, 0.5) is 0 Å². The highest BCUT2D eigenvalue weighted by atomic mass is 35.5. The van der Waals surface area contributed by atoms with Crippen molar-refractivity contribution in [1.29, 1.82) is 0 Å². The van der Waals surface area contributed by atoms with Gasteiger partial charge in [-0.15, -0.1) is 0 Å². The van der Waals surface area contributed by atoms with Gasteiger partial charge in [-0.05, 0) is 25.0 Å². The van der Waals surface area contributed by atoms with Gasteiger partial charge in [0.25, 0.3) is 0 Å². The summed E-state index contributed by atoms with van der Waals surface area (Å²) in [4.78, 5) is 17.4. The van der Waals surface area contributed by atoms with E-state index in [4.69, 9.17) is 33.0 Å². The maximum Gasteiger partial charge on any atom is 0.470 e. The van der Waals surface area contributed by atoms with E-state index in [-0.39, 0.29) is 0 Å². The SMILES string of the molecule is CC1=C(C)C(Cl)(Cl)C(OP(=O)(O)O)C=C1. The zero-order valence-corrected chi connectivity index (χ0v) is 10.6. The molecule has 0 saturated carbocycles. The molecule has 0 radical (unpaired) electrons. The maximum absolute atomic E-state index is 10.7. The molecule has 1 atom stereocenters. The van der Waals surface area contributed by atoms with Crippen LogP contribution in [0.3, 0.4) is 0 Å². The summed E-state index contributed by atoms with van der Waals surface area (Å²) in [5, 5.41) is 0. The van der Waals surface area contributed by atoms with Gasteiger partial charge in [0.05, 0.1) is 0 Å². The molecule has 0 aromatic heterocycles. The van der Waals surface area contributed by atoms with Crippen LogP contribution in [0.1, 0.15) is 13.8 Å². The van der Waals surface area contributed by atoms with Crippen LogP contribution in [-0.4, -0.2) is 20.2 Å². The van der Waals surface area contributed by atoms with Crippen LogP contribution in [0.2, 0.25) is 0 Å². The average molecular weight is 273 g/mol. The van der Waals surface area contributed by atoms with Crippen molar-refractivity contribution in [1.82, 2.24) is 0 Å². The Kier molecular flexibility index (Phi) is 3.71. The number of rotatable bonds is 2. The molecular weight excluding hydrogens is 262 g/mol. The minimum Gasteiger partial charge on any atom is -0.303 e. The third-order valence-corrected chi connectivity index (χ3v) is 3.72. The quantitative estimate of drug-likeness (QED) is 0.599. The highest BCUT2D eigenvalue weighted by Crippen LogP contribution is 2.47. The van der Waals surface area contributed by atoms with E-state index < -0.39 is 18.3 Å². The first-order chi connectivity index (χ1) is 6.64. The predicted molar refractivity (Wildman–Crippen MR) is 58.9 cm³/mol. The fourth-order valence-electron chi connectivity index (χ4n) is 1.20. The van der Waals surface area contributed by atoms with Crippen molar-refractivity contribution in [3.05, 3.63) is 23.3 Å². The number of hydrogen-bond donors (Lipinski definition) is 2. The van der Waals surface area contributed by atoms with Gasteiger partial charge in [-0.3, -0.25) is 4.52 Å². The van der Waals surface area contributed by atoms with E-state index in [1.807, 2.05) is 0 Å². The van der Waals surface area contributed by atoms with Gasteiger partial charge in [0.15, 0.2) is 4.33 Å². The standard InChI is InChI=1S/C8H11Cl2O4P/c1-5-3-4-7(14-15(11,12)13)8(9,10)6(5)2/h3-4,7H,1-2H3,(H2,11,12,13). The second-order valence-electron chi connectivity index (χ2n) is 3.31. The monoisotopic (exact) mass is 272 g/mol. The van der Waals surface area contributed by atoms with Gasteiger partial charge in [-0.25, -0.2) is 4.57 Å². The first-order valence-corrected chi connectivity index (χ1v) is 6.41. The fraction of sp³-hybridized carbons (Fsp3) is 0.500. The lowest BCUT2D eigenvalue weighted by Crippen LogP contribution is -2.35. The van der Waals surface area contributed by atoms with Crippen LogP contribution in [0.15, 0.2) is 23.3 Å². The van der Waals surface area contributed by atoms with Crippen LogP contribution < -0.4 is 0 Å². The molecule has 0 saturated heterocycles. The molecule has 0 aromatic carbocycles. The Morgan fingerprint density at radius 1 is 1.47 bits per heavy atom. The molecule has 4 nitrogen and oxygen atoms in total. The molecule has 0 fully saturated rings. The first kappa shape index (κ1) is 13.2. The number of allylic oxidation sites excluding steroid dienone is 2. The van der Waals surface area contributed by atoms with Crippen LogP contribution in [0.5, 0.6) is 0 Å². The lowest BCUT2D eigenvalue weighted by molar-refractivity contribution is 0.155. The van der Waals surface area contributed by atoms with Crippen LogP contribution in [0.25, 0.3) is 0 Å². The number of hydrogen-bond acceptors (Lipinski definition) is 2. The van der Waals surface area contributed by atoms with E-state index in [1.165, 1.54) is 6.08 Å². The van der Waals surface area contributed by atoms with Gasteiger partial charge in [0, 0.05) is 0 Å². The Labute approximate surface area is 97.8 Å². The minimum atomic E-state index is -4.60. The van der Waals surface area contributed by atoms with Crippen molar-refractivity contribution in [2.45, 2.75) is 24.3 Å². The Hall–Kier alpha value is 0.170. The molecule has 1 rings (SSSR count). The zero-order valence-electron chi connectivity index (χ0n) is 8.15. The lowest BCUT2D eigenvalue weighted by Gasteiger charge is -2.32. The lowest BCUT2D eigenvalue weighted by atomic mass is 9.97. The molecule has 0 aliphatic heterocycles. The van der Waals surface area contributed by atoms with Crippen LogP contribution in [-0.2, 0) is 9.09 Å².